The van der Waals surface area contributed by atoms with Crippen molar-refractivity contribution in [3.63, 3.8) is 0 Å². The molecule has 0 spiro atoms. The van der Waals surface area contributed by atoms with Gasteiger partial charge in [0.2, 0.25) is 0 Å². The molecule has 0 aliphatic carbocycles. The third-order valence-electron chi connectivity index (χ3n) is 5.17. The monoisotopic (exact) mass is 368 g/mol. The quantitative estimate of drug-likeness (QED) is 0.551. The number of nitrogens with zero attached hydrogens (tertiary/aromatic N) is 6. The Morgan fingerprint density at radius 2 is 1.46 bits per heavy atom. The lowest BCUT2D eigenvalue weighted by molar-refractivity contribution is 0.768. The maximum atomic E-state index is 4.88. The summed E-state index contributed by atoms with van der Waals surface area (Å²) in [5.74, 6) is 1.78. The fourth-order valence-corrected chi connectivity index (χ4v) is 3.75. The Morgan fingerprint density at radius 3 is 2.18 bits per heavy atom. The van der Waals surface area contributed by atoms with Gasteiger partial charge in [-0.2, -0.15) is 5.10 Å². The van der Waals surface area contributed by atoms with Gasteiger partial charge >= 0.3 is 0 Å². The largest absolute Gasteiger partial charge is 0.333 e. The van der Waals surface area contributed by atoms with Gasteiger partial charge in [-0.1, -0.05) is 36.4 Å². The Balaban J connectivity index is 1.55. The first-order valence-corrected chi connectivity index (χ1v) is 9.22. The van der Waals surface area contributed by atoms with Gasteiger partial charge in [0.1, 0.15) is 6.17 Å². The highest BCUT2D eigenvalue weighted by Gasteiger charge is 2.31. The minimum atomic E-state index is 0.0398. The number of benzene rings is 2. The summed E-state index contributed by atoms with van der Waals surface area (Å²) in [7, 11) is 4.07. The summed E-state index contributed by atoms with van der Waals surface area (Å²) in [5, 5.41) is 6.01. The Labute approximate surface area is 163 Å². The smallest absolute Gasteiger partial charge is 0.173 e. The normalized spacial score (nSPS) is 14.4. The Kier molecular flexibility index (Phi) is 3.83. The molecule has 1 aliphatic rings. The topological polar surface area (TPSA) is 50.1 Å². The summed E-state index contributed by atoms with van der Waals surface area (Å²) in [4.78, 5) is 13.2. The Hall–Kier alpha value is -3.67. The van der Waals surface area contributed by atoms with Gasteiger partial charge in [0.15, 0.2) is 11.6 Å². The number of rotatable bonds is 3. The molecule has 0 fully saturated rings. The number of anilines is 2. The summed E-state index contributed by atoms with van der Waals surface area (Å²) in [5.41, 5.74) is 3.08. The average molecular weight is 368 g/mol. The zero-order chi connectivity index (χ0) is 19.1. The maximum absolute atomic E-state index is 4.88. The van der Waals surface area contributed by atoms with Crippen LogP contribution in [-0.2, 0) is 0 Å². The molecule has 0 saturated heterocycles. The van der Waals surface area contributed by atoms with Crippen LogP contribution in [-0.4, -0.2) is 40.0 Å². The van der Waals surface area contributed by atoms with E-state index in [1.807, 2.05) is 49.1 Å². The minimum Gasteiger partial charge on any atom is -0.333 e. The van der Waals surface area contributed by atoms with E-state index in [1.54, 1.807) is 12.4 Å². The van der Waals surface area contributed by atoms with Crippen molar-refractivity contribution in [3.8, 4) is 5.69 Å². The molecule has 0 atom stereocenters. The lowest BCUT2D eigenvalue weighted by Gasteiger charge is -2.23. The number of hydrogen-bond acceptors (Lipinski definition) is 5. The van der Waals surface area contributed by atoms with E-state index < -0.39 is 0 Å². The van der Waals surface area contributed by atoms with Crippen LogP contribution >= 0.6 is 0 Å². The van der Waals surface area contributed by atoms with Crippen molar-refractivity contribution in [1.82, 2.24) is 19.7 Å². The van der Waals surface area contributed by atoms with E-state index in [9.17, 15) is 0 Å². The fraction of sp³-hybridized carbons (Fsp3) is 0.136. The molecule has 5 rings (SSSR count). The molecule has 0 unspecified atom stereocenters. The van der Waals surface area contributed by atoms with Crippen LogP contribution in [0.1, 0.15) is 5.69 Å². The first-order valence-electron chi connectivity index (χ1n) is 9.22. The molecule has 3 heterocycles. The van der Waals surface area contributed by atoms with E-state index in [-0.39, 0.29) is 6.17 Å². The maximum Gasteiger partial charge on any atom is 0.173 e. The van der Waals surface area contributed by atoms with Gasteiger partial charge in [0, 0.05) is 31.9 Å². The molecule has 0 N–H and O–H groups in total. The summed E-state index contributed by atoms with van der Waals surface area (Å²) in [6, 6.07) is 18.5. The van der Waals surface area contributed by atoms with Gasteiger partial charge in [0.05, 0.1) is 16.9 Å². The molecule has 0 bridgehead atoms. The second kappa shape index (κ2) is 6.49. The summed E-state index contributed by atoms with van der Waals surface area (Å²) >= 11 is 0. The van der Waals surface area contributed by atoms with E-state index in [4.69, 9.17) is 5.10 Å². The predicted octanol–water partition coefficient (Wildman–Crippen LogP) is 3.74. The van der Waals surface area contributed by atoms with Crippen molar-refractivity contribution in [2.24, 2.45) is 0 Å². The highest BCUT2D eigenvalue weighted by Crippen LogP contribution is 2.34. The van der Waals surface area contributed by atoms with Crippen LogP contribution in [0, 0.1) is 0 Å². The van der Waals surface area contributed by atoms with Crippen LogP contribution in [0.25, 0.3) is 22.7 Å². The van der Waals surface area contributed by atoms with Gasteiger partial charge in [-0.15, -0.1) is 0 Å². The fourth-order valence-electron chi connectivity index (χ4n) is 3.75. The van der Waals surface area contributed by atoms with Crippen molar-refractivity contribution in [2.75, 3.05) is 23.9 Å². The van der Waals surface area contributed by atoms with Crippen molar-refractivity contribution >= 4 is 28.6 Å². The third-order valence-corrected chi connectivity index (χ3v) is 5.17. The lowest BCUT2D eigenvalue weighted by atomic mass is 10.2. The van der Waals surface area contributed by atoms with Crippen LogP contribution in [0.15, 0.2) is 73.1 Å². The molecule has 0 saturated carbocycles. The second-order valence-corrected chi connectivity index (χ2v) is 6.85. The lowest BCUT2D eigenvalue weighted by Crippen LogP contribution is -2.37. The molecule has 0 radical (unpaired) electrons. The van der Waals surface area contributed by atoms with Crippen LogP contribution in [0.5, 0.6) is 0 Å². The number of likely N-dealkylation sites (N-methyl/N-ethyl adjacent to an activating group) is 2. The van der Waals surface area contributed by atoms with Crippen molar-refractivity contribution in [3.05, 3.63) is 78.8 Å². The summed E-state index contributed by atoms with van der Waals surface area (Å²) in [6.45, 7) is 0. The molecular weight excluding hydrogens is 348 g/mol. The van der Waals surface area contributed by atoms with E-state index in [1.165, 1.54) is 0 Å². The van der Waals surface area contributed by atoms with E-state index >= 15 is 0 Å². The molecule has 6 heteroatoms. The number of fused-ring (bicyclic) bond motifs is 2. The first-order chi connectivity index (χ1) is 13.7. The summed E-state index contributed by atoms with van der Waals surface area (Å²) in [6.07, 6.45) is 7.73. The van der Waals surface area contributed by atoms with Gasteiger partial charge < -0.3 is 9.80 Å². The number of aromatic nitrogens is 4. The SMILES string of the molecule is CN1c2nccnc2N(C)C1/C=C/c1nn(-c2ccccc2)c2ccccc12. The minimum absolute atomic E-state index is 0.0398. The zero-order valence-corrected chi connectivity index (χ0v) is 15.8. The van der Waals surface area contributed by atoms with Gasteiger partial charge in [-0.05, 0) is 30.4 Å². The number of para-hydroxylation sites is 2. The van der Waals surface area contributed by atoms with Gasteiger partial charge in [-0.25, -0.2) is 14.6 Å². The highest BCUT2D eigenvalue weighted by molar-refractivity contribution is 5.88. The van der Waals surface area contributed by atoms with Crippen molar-refractivity contribution in [2.45, 2.75) is 6.17 Å². The molecule has 0 amide bonds. The van der Waals surface area contributed by atoms with Crippen molar-refractivity contribution < 1.29 is 0 Å². The second-order valence-electron chi connectivity index (χ2n) is 6.85. The Bertz CT molecular complexity index is 1140. The molecule has 2 aromatic heterocycles. The molecular formula is C22H20N6. The molecule has 6 nitrogen and oxygen atoms in total. The van der Waals surface area contributed by atoms with Crippen LogP contribution in [0.3, 0.4) is 0 Å². The zero-order valence-electron chi connectivity index (χ0n) is 15.8. The molecule has 28 heavy (non-hydrogen) atoms. The van der Waals surface area contributed by atoms with Crippen LogP contribution in [0.4, 0.5) is 11.6 Å². The highest BCUT2D eigenvalue weighted by atomic mass is 15.4. The predicted molar refractivity (Wildman–Crippen MR) is 113 cm³/mol. The van der Waals surface area contributed by atoms with E-state index in [2.05, 4.69) is 56.2 Å². The first kappa shape index (κ1) is 16.5. The third kappa shape index (κ3) is 2.53. The summed E-state index contributed by atoms with van der Waals surface area (Å²) < 4.78 is 1.99. The van der Waals surface area contributed by atoms with Crippen LogP contribution in [0.2, 0.25) is 0 Å². The molecule has 2 aromatic carbocycles. The van der Waals surface area contributed by atoms with E-state index in [0.717, 1.165) is 33.9 Å². The van der Waals surface area contributed by atoms with E-state index in [0.29, 0.717) is 0 Å². The molecule has 1 aliphatic heterocycles. The van der Waals surface area contributed by atoms with Crippen LogP contribution < -0.4 is 9.80 Å². The number of hydrogen-bond donors (Lipinski definition) is 0. The average Bonchev–Trinajstić information content (AvgIpc) is 3.23. The molecule has 4 aromatic rings. The van der Waals surface area contributed by atoms with Gasteiger partial charge in [-0.3, -0.25) is 0 Å². The standard InChI is InChI=1S/C22H20N6/c1-26-20(27(2)22-21(26)23-14-15-24-22)13-12-18-17-10-6-7-11-19(17)28(25-18)16-8-4-3-5-9-16/h3-15,20H,1-2H3/b13-12+. The molecule has 138 valence electrons. The Morgan fingerprint density at radius 1 is 0.821 bits per heavy atom. The van der Waals surface area contributed by atoms with Gasteiger partial charge in [0.25, 0.3) is 0 Å². The van der Waals surface area contributed by atoms with Crippen molar-refractivity contribution in [1.29, 1.82) is 0 Å².